The second-order valence-corrected chi connectivity index (χ2v) is 11.3. The molecule has 0 unspecified atom stereocenters. The molecule has 1 atom stereocenters. The molecule has 0 saturated heterocycles. The lowest BCUT2D eigenvalue weighted by Gasteiger charge is -2.32. The van der Waals surface area contributed by atoms with E-state index in [1.54, 1.807) is 25.1 Å². The number of amides is 2. The zero-order valence-electron chi connectivity index (χ0n) is 21.3. The van der Waals surface area contributed by atoms with Crippen LogP contribution in [-0.4, -0.2) is 50.5 Å². The van der Waals surface area contributed by atoms with Crippen LogP contribution in [0.3, 0.4) is 0 Å². The predicted molar refractivity (Wildman–Crippen MR) is 137 cm³/mol. The van der Waals surface area contributed by atoms with Crippen molar-refractivity contribution >= 4 is 27.5 Å². The van der Waals surface area contributed by atoms with Crippen LogP contribution < -0.4 is 9.62 Å². The average molecular weight is 506 g/mol. The van der Waals surface area contributed by atoms with Crippen LogP contribution in [-0.2, 0) is 26.2 Å². The number of nitrogens with zero attached hydrogens (tertiary/aromatic N) is 2. The summed E-state index contributed by atoms with van der Waals surface area (Å²) in [6.07, 6.45) is 1.04. The van der Waals surface area contributed by atoms with Crippen molar-refractivity contribution in [2.24, 2.45) is 5.92 Å². The number of nitrogens with one attached hydrogen (secondary N) is 1. The SMILES string of the molecule is CC(C)CNC(=O)[C@@H](C)N(Cc1ccccc1F)C(=O)CN(c1ccccc1C(C)C)S(C)(=O)=O. The average Bonchev–Trinajstić information content (AvgIpc) is 2.79. The van der Waals surface area contributed by atoms with Gasteiger partial charge in [-0.25, -0.2) is 12.8 Å². The molecule has 0 bridgehead atoms. The molecule has 7 nitrogen and oxygen atoms in total. The molecular weight excluding hydrogens is 469 g/mol. The second-order valence-electron chi connectivity index (χ2n) is 9.41. The predicted octanol–water partition coefficient (Wildman–Crippen LogP) is 3.90. The number of hydrogen-bond acceptors (Lipinski definition) is 4. The Morgan fingerprint density at radius 2 is 1.57 bits per heavy atom. The summed E-state index contributed by atoms with van der Waals surface area (Å²) in [5.74, 6) is -1.29. The van der Waals surface area contributed by atoms with Crippen molar-refractivity contribution in [3.05, 3.63) is 65.5 Å². The maximum Gasteiger partial charge on any atom is 0.244 e. The fourth-order valence-corrected chi connectivity index (χ4v) is 4.51. The highest BCUT2D eigenvalue weighted by atomic mass is 32.2. The van der Waals surface area contributed by atoms with Crippen LogP contribution in [0.15, 0.2) is 48.5 Å². The number of halogens is 1. The number of para-hydroxylation sites is 1. The van der Waals surface area contributed by atoms with Crippen LogP contribution >= 0.6 is 0 Å². The first-order valence-corrected chi connectivity index (χ1v) is 13.5. The minimum Gasteiger partial charge on any atom is -0.354 e. The van der Waals surface area contributed by atoms with Gasteiger partial charge in [-0.1, -0.05) is 64.1 Å². The molecule has 35 heavy (non-hydrogen) atoms. The Bertz CT molecular complexity index is 1130. The summed E-state index contributed by atoms with van der Waals surface area (Å²) in [4.78, 5) is 27.6. The first-order chi connectivity index (χ1) is 16.3. The van der Waals surface area contributed by atoms with Gasteiger partial charge >= 0.3 is 0 Å². The van der Waals surface area contributed by atoms with E-state index < -0.39 is 40.2 Å². The van der Waals surface area contributed by atoms with Gasteiger partial charge in [0.2, 0.25) is 21.8 Å². The standard InChI is InChI=1S/C26H36FN3O4S/c1-18(2)15-28-26(32)20(5)29(16-21-11-7-9-13-23(21)27)25(31)17-30(35(6,33)34)24-14-10-8-12-22(24)19(3)4/h7-14,18-20H,15-17H2,1-6H3,(H,28,32)/t20-/m1/s1. The highest BCUT2D eigenvalue weighted by molar-refractivity contribution is 7.92. The van der Waals surface area contributed by atoms with E-state index in [0.29, 0.717) is 12.2 Å². The maximum absolute atomic E-state index is 14.4. The zero-order chi connectivity index (χ0) is 26.3. The molecule has 0 aromatic heterocycles. The number of carbonyl (C=O) groups excluding carboxylic acids is 2. The molecule has 0 aliphatic carbocycles. The van der Waals surface area contributed by atoms with Gasteiger partial charge in [0.25, 0.3) is 0 Å². The molecule has 2 amide bonds. The van der Waals surface area contributed by atoms with Gasteiger partial charge in [0, 0.05) is 18.7 Å². The number of rotatable bonds is 11. The molecule has 192 valence electrons. The van der Waals surface area contributed by atoms with E-state index in [1.165, 1.54) is 23.1 Å². The Hall–Kier alpha value is -2.94. The molecule has 9 heteroatoms. The Kier molecular flexibility index (Phi) is 9.82. The van der Waals surface area contributed by atoms with Crippen molar-refractivity contribution in [3.63, 3.8) is 0 Å². The molecule has 2 aromatic carbocycles. The second kappa shape index (κ2) is 12.2. The van der Waals surface area contributed by atoms with Gasteiger partial charge in [0.05, 0.1) is 11.9 Å². The largest absolute Gasteiger partial charge is 0.354 e. The van der Waals surface area contributed by atoms with E-state index in [9.17, 15) is 22.4 Å². The van der Waals surface area contributed by atoms with Crippen molar-refractivity contribution in [1.29, 1.82) is 0 Å². The third-order valence-electron chi connectivity index (χ3n) is 5.66. The van der Waals surface area contributed by atoms with Crippen LogP contribution in [0.4, 0.5) is 10.1 Å². The van der Waals surface area contributed by atoms with Gasteiger partial charge in [-0.05, 0) is 36.5 Å². The molecular formula is C26H36FN3O4S. The highest BCUT2D eigenvalue weighted by Crippen LogP contribution is 2.29. The van der Waals surface area contributed by atoms with Crippen LogP contribution in [0.2, 0.25) is 0 Å². The Morgan fingerprint density at radius 3 is 2.14 bits per heavy atom. The first-order valence-electron chi connectivity index (χ1n) is 11.7. The van der Waals surface area contributed by atoms with E-state index in [2.05, 4.69) is 5.32 Å². The van der Waals surface area contributed by atoms with Crippen molar-refractivity contribution in [3.8, 4) is 0 Å². The van der Waals surface area contributed by atoms with E-state index >= 15 is 0 Å². The van der Waals surface area contributed by atoms with Crippen LogP contribution in [0.5, 0.6) is 0 Å². The molecule has 0 saturated carbocycles. The molecule has 2 aromatic rings. The summed E-state index contributed by atoms with van der Waals surface area (Å²) in [6.45, 7) is 9.06. The quantitative estimate of drug-likeness (QED) is 0.502. The van der Waals surface area contributed by atoms with Gasteiger partial charge in [0.15, 0.2) is 0 Å². The molecule has 0 aliphatic rings. The van der Waals surface area contributed by atoms with Crippen molar-refractivity contribution in [2.45, 2.75) is 53.1 Å². The summed E-state index contributed by atoms with van der Waals surface area (Å²) in [7, 11) is -3.84. The van der Waals surface area contributed by atoms with Crippen molar-refractivity contribution in [1.82, 2.24) is 10.2 Å². The summed E-state index contributed by atoms with van der Waals surface area (Å²) >= 11 is 0. The van der Waals surface area contributed by atoms with E-state index in [0.717, 1.165) is 16.1 Å². The van der Waals surface area contributed by atoms with Crippen LogP contribution in [0.1, 0.15) is 51.7 Å². The van der Waals surface area contributed by atoms with Gasteiger partial charge in [-0.2, -0.15) is 0 Å². The summed E-state index contributed by atoms with van der Waals surface area (Å²) < 4.78 is 41.0. The fourth-order valence-electron chi connectivity index (χ4n) is 3.64. The van der Waals surface area contributed by atoms with E-state index in [1.807, 2.05) is 39.8 Å². The fraction of sp³-hybridized carbons (Fsp3) is 0.462. The Morgan fingerprint density at radius 1 is 0.971 bits per heavy atom. The molecule has 0 fully saturated rings. The van der Waals surface area contributed by atoms with Gasteiger partial charge in [-0.3, -0.25) is 13.9 Å². The normalized spacial score (nSPS) is 12.5. The lowest BCUT2D eigenvalue weighted by molar-refractivity contribution is -0.139. The smallest absolute Gasteiger partial charge is 0.244 e. The number of anilines is 1. The van der Waals surface area contributed by atoms with Crippen LogP contribution in [0.25, 0.3) is 0 Å². The van der Waals surface area contributed by atoms with Crippen molar-refractivity contribution in [2.75, 3.05) is 23.7 Å². The van der Waals surface area contributed by atoms with Gasteiger partial charge in [-0.15, -0.1) is 0 Å². The molecule has 0 heterocycles. The summed E-state index contributed by atoms with van der Waals surface area (Å²) in [6, 6.07) is 12.1. The van der Waals surface area contributed by atoms with Crippen molar-refractivity contribution < 1.29 is 22.4 Å². The highest BCUT2D eigenvalue weighted by Gasteiger charge is 2.31. The number of benzene rings is 2. The zero-order valence-corrected chi connectivity index (χ0v) is 22.1. The first kappa shape index (κ1) is 28.3. The Balaban J connectivity index is 2.45. The number of carbonyl (C=O) groups is 2. The third-order valence-corrected chi connectivity index (χ3v) is 6.78. The number of hydrogen-bond donors (Lipinski definition) is 1. The van der Waals surface area contributed by atoms with E-state index in [4.69, 9.17) is 0 Å². The van der Waals surface area contributed by atoms with Gasteiger partial charge < -0.3 is 10.2 Å². The minimum absolute atomic E-state index is 0.0146. The topological polar surface area (TPSA) is 86.8 Å². The van der Waals surface area contributed by atoms with Crippen LogP contribution in [0, 0.1) is 11.7 Å². The number of sulfonamides is 1. The Labute approximate surface area is 208 Å². The van der Waals surface area contributed by atoms with E-state index in [-0.39, 0.29) is 23.9 Å². The molecule has 0 spiro atoms. The molecule has 0 radical (unpaired) electrons. The monoisotopic (exact) mass is 505 g/mol. The molecule has 1 N–H and O–H groups in total. The summed E-state index contributed by atoms with van der Waals surface area (Å²) in [5, 5.41) is 2.80. The molecule has 0 aliphatic heterocycles. The third kappa shape index (κ3) is 7.78. The lowest BCUT2D eigenvalue weighted by atomic mass is 10.0. The lowest BCUT2D eigenvalue weighted by Crippen LogP contribution is -2.51. The maximum atomic E-state index is 14.4. The van der Waals surface area contributed by atoms with Gasteiger partial charge in [0.1, 0.15) is 18.4 Å². The molecule has 2 rings (SSSR count). The minimum atomic E-state index is -3.84. The summed E-state index contributed by atoms with van der Waals surface area (Å²) in [5.41, 5.74) is 1.41.